The summed E-state index contributed by atoms with van der Waals surface area (Å²) in [7, 11) is 1.50. The maximum atomic E-state index is 12.9. The fourth-order valence-corrected chi connectivity index (χ4v) is 7.11. The van der Waals surface area contributed by atoms with Crippen LogP contribution in [0, 0.1) is 0 Å². The summed E-state index contributed by atoms with van der Waals surface area (Å²) in [6.45, 7) is 4.37. The van der Waals surface area contributed by atoms with Gasteiger partial charge >= 0.3 is 7.82 Å². The first-order valence-electron chi connectivity index (χ1n) is 26.5. The third-order valence-electron chi connectivity index (χ3n) is 10.5. The van der Waals surface area contributed by atoms with Crippen molar-refractivity contribution in [1.29, 1.82) is 0 Å². The summed E-state index contributed by atoms with van der Waals surface area (Å²) < 4.78 is 23.5. The van der Waals surface area contributed by atoms with Gasteiger partial charge in [-0.2, -0.15) is 0 Å². The minimum Gasteiger partial charge on any atom is -0.387 e. The topological polar surface area (TPSA) is 105 Å². The van der Waals surface area contributed by atoms with Crippen molar-refractivity contribution in [1.82, 2.24) is 5.32 Å². The van der Waals surface area contributed by atoms with Crippen molar-refractivity contribution in [3.8, 4) is 0 Å². The molecule has 0 fully saturated rings. The molecule has 3 unspecified atom stereocenters. The van der Waals surface area contributed by atoms with Crippen LogP contribution in [-0.2, 0) is 18.4 Å². The van der Waals surface area contributed by atoms with Crippen molar-refractivity contribution in [2.45, 2.75) is 167 Å². The van der Waals surface area contributed by atoms with Gasteiger partial charge in [0.2, 0.25) is 5.91 Å². The molecule has 0 heterocycles. The van der Waals surface area contributed by atoms with Gasteiger partial charge in [0.1, 0.15) is 13.2 Å². The zero-order chi connectivity index (χ0) is 51.3. The molecule has 0 bridgehead atoms. The quantitative estimate of drug-likeness (QED) is 0.0243. The Bertz CT molecular complexity index is 1730. The first kappa shape index (κ1) is 65.9. The highest BCUT2D eigenvalue weighted by Gasteiger charge is 2.27. The standard InChI is InChI=1S/C61H97N2O6P/c1-6-8-10-12-14-16-17-18-19-20-21-22-23-24-25-26-27-28-29-30-31-32-33-34-35-36-37-38-39-40-41-42-43-44-45-47-49-51-53-55-61(65)62-59(58-69-70(66,67)68-57-56-63(3,4)5)60(64)54-52-50-48-46-15-13-11-9-7-2/h7-10,14-16,18-19,21-22,24-25,27-28,30-31,33-34,36-37,39-40,42-43,46,52,54,59-60,64H,6,11-13,17,20,23,26,29,32,35,38,41,44-45,47-51,53,55-58H2,1-5H3,(H-,62,65,66,67)/p+1/b9-7+,10-8-,16-14-,19-18-,22-21-,25-24-,28-27-,31-30-,34-33-,37-36-,40-39-,43-42-,46-15+,54-52+. The number of quaternary nitrogens is 1. The molecule has 0 aliphatic heterocycles. The predicted molar refractivity (Wildman–Crippen MR) is 303 cm³/mol. The Morgan fingerprint density at radius 1 is 0.514 bits per heavy atom. The first-order chi connectivity index (χ1) is 34.0. The second-order valence-electron chi connectivity index (χ2n) is 18.2. The SMILES string of the molecule is C/C=C/CC/C=C/CC/C=C/C(O)C(COP(=O)(O)OCC[N+](C)(C)C)NC(=O)CCCCCCC/C=C\C/C=C\C/C=C\C/C=C\C/C=C\C/C=C\C/C=C\C/C=C\C/C=C\C/C=C\C/C=C\CC. The van der Waals surface area contributed by atoms with Gasteiger partial charge in [-0.1, -0.05) is 196 Å². The van der Waals surface area contributed by atoms with Crippen LogP contribution in [0.5, 0.6) is 0 Å². The number of nitrogens with one attached hydrogen (secondary N) is 1. The van der Waals surface area contributed by atoms with Crippen molar-refractivity contribution >= 4 is 13.7 Å². The molecule has 3 N–H and O–H groups in total. The van der Waals surface area contributed by atoms with Crippen LogP contribution in [-0.4, -0.2) is 73.4 Å². The van der Waals surface area contributed by atoms with Crippen LogP contribution in [0.25, 0.3) is 0 Å². The summed E-state index contributed by atoms with van der Waals surface area (Å²) >= 11 is 0. The van der Waals surface area contributed by atoms with Crippen LogP contribution >= 0.6 is 7.82 Å². The molecule has 9 heteroatoms. The highest BCUT2D eigenvalue weighted by Crippen LogP contribution is 2.43. The number of likely N-dealkylation sites (N-methyl/N-ethyl adjacent to an activating group) is 1. The summed E-state index contributed by atoms with van der Waals surface area (Å²) in [6, 6.07) is -0.891. The number of carbonyl (C=O) groups excluding carboxylic acids is 1. The summed E-state index contributed by atoms with van der Waals surface area (Å²) in [5, 5.41) is 13.7. The average Bonchev–Trinajstić information content (AvgIpc) is 3.32. The molecule has 0 aromatic carbocycles. The number of amides is 1. The van der Waals surface area contributed by atoms with Gasteiger partial charge in [-0.15, -0.1) is 0 Å². The maximum absolute atomic E-state index is 12.9. The number of hydrogen-bond donors (Lipinski definition) is 3. The van der Waals surface area contributed by atoms with Crippen molar-refractivity contribution in [2.75, 3.05) is 40.9 Å². The van der Waals surface area contributed by atoms with E-state index in [0.717, 1.165) is 135 Å². The molecule has 1 amide bonds. The Morgan fingerprint density at radius 3 is 1.31 bits per heavy atom. The molecular weight excluding hydrogens is 888 g/mol. The second-order valence-corrected chi connectivity index (χ2v) is 19.6. The van der Waals surface area contributed by atoms with Gasteiger partial charge in [-0.3, -0.25) is 13.8 Å². The first-order valence-corrected chi connectivity index (χ1v) is 28.0. The number of carbonyl (C=O) groups is 1. The van der Waals surface area contributed by atoms with E-state index >= 15 is 0 Å². The summed E-state index contributed by atoms with van der Waals surface area (Å²) in [4.78, 5) is 23.1. The normalized spacial score (nSPS) is 15.4. The molecule has 0 saturated heterocycles. The van der Waals surface area contributed by atoms with E-state index in [2.05, 4.69) is 164 Å². The van der Waals surface area contributed by atoms with E-state index in [1.165, 1.54) is 0 Å². The number of aliphatic hydroxyl groups excluding tert-OH is 1. The third kappa shape index (κ3) is 51.7. The highest BCUT2D eigenvalue weighted by atomic mass is 31.2. The lowest BCUT2D eigenvalue weighted by atomic mass is 10.1. The minimum absolute atomic E-state index is 0.0391. The molecule has 0 aliphatic carbocycles. The van der Waals surface area contributed by atoms with E-state index in [-0.39, 0.29) is 19.1 Å². The van der Waals surface area contributed by atoms with Crippen LogP contribution in [0.1, 0.15) is 155 Å². The molecule has 70 heavy (non-hydrogen) atoms. The van der Waals surface area contributed by atoms with Gasteiger partial charge in [0.15, 0.2) is 0 Å². The van der Waals surface area contributed by atoms with Crippen LogP contribution < -0.4 is 5.32 Å². The third-order valence-corrected chi connectivity index (χ3v) is 11.5. The largest absolute Gasteiger partial charge is 0.472 e. The molecule has 0 rings (SSSR count). The molecule has 3 atom stereocenters. The number of hydrogen-bond acceptors (Lipinski definition) is 5. The van der Waals surface area contributed by atoms with E-state index in [1.54, 1.807) is 6.08 Å². The number of allylic oxidation sites excluding steroid dienone is 27. The lowest BCUT2D eigenvalue weighted by Crippen LogP contribution is -2.45. The van der Waals surface area contributed by atoms with Gasteiger partial charge in [-0.25, -0.2) is 4.57 Å². The smallest absolute Gasteiger partial charge is 0.387 e. The molecule has 0 aliphatic rings. The predicted octanol–water partition coefficient (Wildman–Crippen LogP) is 16.1. The van der Waals surface area contributed by atoms with E-state index in [1.807, 2.05) is 40.2 Å². The number of rotatable bonds is 45. The van der Waals surface area contributed by atoms with Gasteiger partial charge in [0.05, 0.1) is 39.9 Å². The van der Waals surface area contributed by atoms with Crippen molar-refractivity contribution < 1.29 is 32.9 Å². The van der Waals surface area contributed by atoms with Gasteiger partial charge < -0.3 is 19.8 Å². The van der Waals surface area contributed by atoms with E-state index in [0.29, 0.717) is 17.4 Å². The van der Waals surface area contributed by atoms with Gasteiger partial charge in [0.25, 0.3) is 0 Å². The van der Waals surface area contributed by atoms with Crippen LogP contribution in [0.15, 0.2) is 170 Å². The Labute approximate surface area is 428 Å². The molecule has 0 aromatic rings. The zero-order valence-electron chi connectivity index (χ0n) is 44.4. The lowest BCUT2D eigenvalue weighted by molar-refractivity contribution is -0.870. The fraction of sp³-hybridized carbons (Fsp3) is 0.525. The van der Waals surface area contributed by atoms with Gasteiger partial charge in [0, 0.05) is 6.42 Å². The number of phosphoric acid groups is 1. The Balaban J connectivity index is 4.16. The van der Waals surface area contributed by atoms with Crippen LogP contribution in [0.2, 0.25) is 0 Å². The highest BCUT2D eigenvalue weighted by molar-refractivity contribution is 7.47. The Hall–Kier alpha value is -4.14. The molecule has 0 radical (unpaired) electrons. The Kier molecular flexibility index (Phi) is 46.9. The van der Waals surface area contributed by atoms with Crippen molar-refractivity contribution in [3.05, 3.63) is 170 Å². The van der Waals surface area contributed by atoms with Crippen LogP contribution in [0.3, 0.4) is 0 Å². The van der Waals surface area contributed by atoms with Crippen molar-refractivity contribution in [3.63, 3.8) is 0 Å². The number of phosphoric ester groups is 1. The Morgan fingerprint density at radius 2 is 0.886 bits per heavy atom. The minimum atomic E-state index is -4.36. The zero-order valence-corrected chi connectivity index (χ0v) is 45.3. The van der Waals surface area contributed by atoms with Crippen LogP contribution in [0.4, 0.5) is 0 Å². The number of unbranched alkanes of at least 4 members (excludes halogenated alkanes) is 7. The molecule has 0 spiro atoms. The van der Waals surface area contributed by atoms with E-state index < -0.39 is 20.0 Å². The summed E-state index contributed by atoms with van der Waals surface area (Å²) in [6.07, 6.45) is 80.6. The summed E-state index contributed by atoms with van der Waals surface area (Å²) in [5.41, 5.74) is 0. The van der Waals surface area contributed by atoms with Crippen molar-refractivity contribution in [2.24, 2.45) is 0 Å². The molecular formula is C61H98N2O6P+. The van der Waals surface area contributed by atoms with E-state index in [9.17, 15) is 19.4 Å². The lowest BCUT2D eigenvalue weighted by Gasteiger charge is -2.25. The average molecular weight is 986 g/mol. The van der Waals surface area contributed by atoms with Gasteiger partial charge in [-0.05, 0) is 122 Å². The fourth-order valence-electron chi connectivity index (χ4n) is 6.38. The maximum Gasteiger partial charge on any atom is 0.472 e. The molecule has 0 aromatic heterocycles. The molecule has 392 valence electrons. The molecule has 8 nitrogen and oxygen atoms in total. The monoisotopic (exact) mass is 986 g/mol. The second kappa shape index (κ2) is 49.8. The van der Waals surface area contributed by atoms with E-state index in [4.69, 9.17) is 9.05 Å². The summed E-state index contributed by atoms with van der Waals surface area (Å²) in [5.74, 6) is -0.223. The number of nitrogens with zero attached hydrogens (tertiary/aromatic N) is 1. The molecule has 0 saturated carbocycles. The number of aliphatic hydroxyl groups is 1.